The molecule has 1 atom stereocenters. The fraction of sp³-hybridized carbons (Fsp3) is 0.125. The van der Waals surface area contributed by atoms with Crippen molar-refractivity contribution in [2.45, 2.75) is 19.4 Å². The predicted molar refractivity (Wildman–Crippen MR) is 124 cm³/mol. The smallest absolute Gasteiger partial charge is 0.334 e. The number of carbonyl (C=O) groups excluding carboxylic acids is 3. The fourth-order valence-electron chi connectivity index (χ4n) is 2.97. The van der Waals surface area contributed by atoms with Crippen LogP contribution in [-0.4, -0.2) is 23.8 Å². The largest absolute Gasteiger partial charge is 0.424 e. The minimum Gasteiger partial charge on any atom is -0.424 e. The summed E-state index contributed by atoms with van der Waals surface area (Å²) >= 11 is 11.9. The van der Waals surface area contributed by atoms with Crippen molar-refractivity contribution >= 4 is 46.7 Å². The number of nitrogens with one attached hydrogen (secondary N) is 2. The van der Waals surface area contributed by atoms with Crippen molar-refractivity contribution in [2.24, 2.45) is 0 Å². The van der Waals surface area contributed by atoms with Crippen LogP contribution in [0.4, 0.5) is 5.69 Å². The van der Waals surface area contributed by atoms with Crippen molar-refractivity contribution in [3.63, 3.8) is 0 Å². The molecule has 164 valence electrons. The second kappa shape index (κ2) is 10.8. The zero-order valence-electron chi connectivity index (χ0n) is 17.1. The quantitative estimate of drug-likeness (QED) is 0.379. The molecule has 2 amide bonds. The summed E-state index contributed by atoms with van der Waals surface area (Å²) < 4.78 is 5.52. The van der Waals surface area contributed by atoms with Crippen molar-refractivity contribution in [3.05, 3.63) is 94.0 Å². The van der Waals surface area contributed by atoms with Gasteiger partial charge in [-0.05, 0) is 48.0 Å². The summed E-state index contributed by atoms with van der Waals surface area (Å²) in [5.74, 6) is -1.57. The van der Waals surface area contributed by atoms with Crippen LogP contribution in [0.3, 0.4) is 0 Å². The van der Waals surface area contributed by atoms with E-state index in [0.29, 0.717) is 15.7 Å². The van der Waals surface area contributed by atoms with Gasteiger partial charge in [0.2, 0.25) is 5.91 Å². The lowest BCUT2D eigenvalue weighted by Gasteiger charge is -2.18. The minimum absolute atomic E-state index is 0.0225. The first kappa shape index (κ1) is 23.3. The second-order valence-electron chi connectivity index (χ2n) is 6.97. The van der Waals surface area contributed by atoms with Crippen LogP contribution in [0.5, 0.6) is 5.75 Å². The molecular weight excluding hydrogens is 451 g/mol. The third-order valence-electron chi connectivity index (χ3n) is 4.44. The zero-order chi connectivity index (χ0) is 23.1. The molecule has 0 aromatic heterocycles. The molecule has 3 aromatic rings. The number of carbonyl (C=O) groups is 3. The van der Waals surface area contributed by atoms with Gasteiger partial charge in [-0.3, -0.25) is 9.59 Å². The average molecular weight is 471 g/mol. The van der Waals surface area contributed by atoms with E-state index in [2.05, 4.69) is 10.6 Å². The van der Waals surface area contributed by atoms with Gasteiger partial charge < -0.3 is 15.4 Å². The number of anilines is 1. The van der Waals surface area contributed by atoms with E-state index in [-0.39, 0.29) is 23.6 Å². The number of benzene rings is 3. The van der Waals surface area contributed by atoms with Gasteiger partial charge in [0, 0.05) is 29.1 Å². The molecule has 0 saturated carbocycles. The van der Waals surface area contributed by atoms with Crippen LogP contribution in [0, 0.1) is 0 Å². The first-order chi connectivity index (χ1) is 15.3. The van der Waals surface area contributed by atoms with E-state index < -0.39 is 17.9 Å². The van der Waals surface area contributed by atoms with E-state index in [1.165, 1.54) is 25.1 Å². The van der Waals surface area contributed by atoms with Crippen LogP contribution in [0.25, 0.3) is 0 Å². The van der Waals surface area contributed by atoms with Gasteiger partial charge in [-0.25, -0.2) is 4.79 Å². The molecule has 6 nitrogen and oxygen atoms in total. The second-order valence-corrected chi connectivity index (χ2v) is 7.84. The van der Waals surface area contributed by atoms with Gasteiger partial charge >= 0.3 is 5.97 Å². The Morgan fingerprint density at radius 1 is 0.906 bits per heavy atom. The molecule has 0 spiro atoms. The SMILES string of the molecule is CC(=O)N[C@@H](Cc1ccccc1)C(=O)Oc1ccc(Cl)cc1C(=O)Nc1ccc(Cl)cc1. The Bertz CT molecular complexity index is 1120. The molecule has 0 bridgehead atoms. The van der Waals surface area contributed by atoms with Crippen molar-refractivity contribution in [1.29, 1.82) is 0 Å². The summed E-state index contributed by atoms with van der Waals surface area (Å²) in [6, 6.07) is 19.2. The molecule has 0 saturated heterocycles. The Morgan fingerprint density at radius 3 is 2.22 bits per heavy atom. The van der Waals surface area contributed by atoms with Crippen molar-refractivity contribution in [3.8, 4) is 5.75 Å². The van der Waals surface area contributed by atoms with Crippen molar-refractivity contribution in [1.82, 2.24) is 5.32 Å². The maximum absolute atomic E-state index is 12.9. The monoisotopic (exact) mass is 470 g/mol. The van der Waals surface area contributed by atoms with Gasteiger partial charge in [-0.1, -0.05) is 53.5 Å². The summed E-state index contributed by atoms with van der Waals surface area (Å²) in [4.78, 5) is 37.4. The predicted octanol–water partition coefficient (Wildman–Crippen LogP) is 4.90. The number of esters is 1. The Balaban J connectivity index is 1.81. The van der Waals surface area contributed by atoms with Crippen LogP contribution in [0.1, 0.15) is 22.8 Å². The molecule has 3 rings (SSSR count). The van der Waals surface area contributed by atoms with E-state index >= 15 is 0 Å². The van der Waals surface area contributed by atoms with E-state index in [1.54, 1.807) is 24.3 Å². The lowest BCUT2D eigenvalue weighted by molar-refractivity contribution is -0.139. The maximum Gasteiger partial charge on any atom is 0.334 e. The first-order valence-electron chi connectivity index (χ1n) is 9.71. The topological polar surface area (TPSA) is 84.5 Å². The summed E-state index contributed by atoms with van der Waals surface area (Å²) in [7, 11) is 0. The molecule has 0 aliphatic heterocycles. The lowest BCUT2D eigenvalue weighted by atomic mass is 10.1. The molecule has 0 heterocycles. The number of ether oxygens (including phenoxy) is 1. The zero-order valence-corrected chi connectivity index (χ0v) is 18.6. The highest BCUT2D eigenvalue weighted by Gasteiger charge is 2.24. The third kappa shape index (κ3) is 6.57. The Morgan fingerprint density at radius 2 is 1.56 bits per heavy atom. The normalized spacial score (nSPS) is 11.3. The molecule has 8 heteroatoms. The van der Waals surface area contributed by atoms with Gasteiger partial charge in [0.1, 0.15) is 11.8 Å². The van der Waals surface area contributed by atoms with Crippen LogP contribution in [0.15, 0.2) is 72.8 Å². The van der Waals surface area contributed by atoms with Gasteiger partial charge in [0.25, 0.3) is 5.91 Å². The van der Waals surface area contributed by atoms with E-state index in [4.69, 9.17) is 27.9 Å². The van der Waals surface area contributed by atoms with E-state index in [9.17, 15) is 14.4 Å². The molecule has 0 radical (unpaired) electrons. The van der Waals surface area contributed by atoms with Crippen LogP contribution < -0.4 is 15.4 Å². The summed E-state index contributed by atoms with van der Waals surface area (Å²) in [6.45, 7) is 1.32. The average Bonchev–Trinajstić information content (AvgIpc) is 2.76. The van der Waals surface area contributed by atoms with E-state index in [1.807, 2.05) is 30.3 Å². The molecular formula is C24H20Cl2N2O4. The maximum atomic E-state index is 12.9. The van der Waals surface area contributed by atoms with Gasteiger partial charge in [-0.15, -0.1) is 0 Å². The molecule has 0 fully saturated rings. The number of amides is 2. The van der Waals surface area contributed by atoms with Crippen LogP contribution in [0.2, 0.25) is 10.0 Å². The van der Waals surface area contributed by atoms with Crippen LogP contribution in [-0.2, 0) is 16.0 Å². The first-order valence-corrected chi connectivity index (χ1v) is 10.5. The molecule has 3 aromatic carbocycles. The number of rotatable bonds is 7. The van der Waals surface area contributed by atoms with Gasteiger partial charge in [0.05, 0.1) is 5.56 Å². The highest BCUT2D eigenvalue weighted by Crippen LogP contribution is 2.25. The minimum atomic E-state index is -0.933. The highest BCUT2D eigenvalue weighted by molar-refractivity contribution is 6.31. The third-order valence-corrected chi connectivity index (χ3v) is 4.93. The molecule has 0 aliphatic carbocycles. The van der Waals surface area contributed by atoms with Crippen molar-refractivity contribution < 1.29 is 19.1 Å². The number of halogens is 2. The molecule has 32 heavy (non-hydrogen) atoms. The lowest BCUT2D eigenvalue weighted by Crippen LogP contribution is -2.43. The van der Waals surface area contributed by atoms with E-state index in [0.717, 1.165) is 5.56 Å². The Hall–Kier alpha value is -3.35. The Kier molecular flexibility index (Phi) is 7.87. The Labute approximate surface area is 195 Å². The van der Waals surface area contributed by atoms with Crippen LogP contribution >= 0.6 is 23.2 Å². The number of hydrogen-bond donors (Lipinski definition) is 2. The van der Waals surface area contributed by atoms with Gasteiger partial charge in [0.15, 0.2) is 0 Å². The fourth-order valence-corrected chi connectivity index (χ4v) is 3.27. The molecule has 0 aliphatic rings. The summed E-state index contributed by atoms with van der Waals surface area (Å²) in [5.41, 5.74) is 1.43. The van der Waals surface area contributed by atoms with Gasteiger partial charge in [-0.2, -0.15) is 0 Å². The highest BCUT2D eigenvalue weighted by atomic mass is 35.5. The van der Waals surface area contributed by atoms with Crippen molar-refractivity contribution in [2.75, 3.05) is 5.32 Å². The molecule has 2 N–H and O–H groups in total. The standard InChI is InChI=1S/C24H20Cl2N2O4/c1-15(29)27-21(13-16-5-3-2-4-6-16)24(31)32-22-12-9-18(26)14-20(22)23(30)28-19-10-7-17(25)8-11-19/h2-12,14,21H,13H2,1H3,(H,27,29)(H,28,30)/t21-/m0/s1. The summed E-state index contributed by atoms with van der Waals surface area (Å²) in [6.07, 6.45) is 0.235. The summed E-state index contributed by atoms with van der Waals surface area (Å²) in [5, 5.41) is 6.14. The number of hydrogen-bond acceptors (Lipinski definition) is 4. The molecule has 0 unspecified atom stereocenters.